The van der Waals surface area contributed by atoms with Crippen molar-refractivity contribution in [1.29, 1.82) is 0 Å². The summed E-state index contributed by atoms with van der Waals surface area (Å²) in [5.74, 6) is -1.21. The molecule has 1 atom stereocenters. The van der Waals surface area contributed by atoms with Crippen molar-refractivity contribution < 1.29 is 19.6 Å². The highest BCUT2D eigenvalue weighted by molar-refractivity contribution is 6.01. The zero-order valence-corrected chi connectivity index (χ0v) is 11.1. The largest absolute Gasteiger partial charge is 0.476 e. The van der Waals surface area contributed by atoms with Crippen molar-refractivity contribution in [3.05, 3.63) is 34.0 Å². The number of non-ortho nitro benzene ring substituents is 1. The quantitative estimate of drug-likeness (QED) is 0.687. The van der Waals surface area contributed by atoms with Gasteiger partial charge in [-0.25, -0.2) is 9.48 Å². The second kappa shape index (κ2) is 5.13. The Balaban J connectivity index is 2.17. The van der Waals surface area contributed by atoms with Crippen LogP contribution in [0, 0.1) is 10.1 Å². The van der Waals surface area contributed by atoms with Gasteiger partial charge < -0.3 is 9.84 Å². The van der Waals surface area contributed by atoms with E-state index in [1.165, 1.54) is 22.9 Å². The van der Waals surface area contributed by atoms with Crippen molar-refractivity contribution in [2.24, 2.45) is 0 Å². The molecule has 1 aliphatic heterocycles. The molecule has 0 radical (unpaired) electrons. The first kappa shape index (κ1) is 13.5. The maximum absolute atomic E-state index is 11.3. The van der Waals surface area contributed by atoms with Gasteiger partial charge in [0.25, 0.3) is 5.69 Å². The van der Waals surface area contributed by atoms with Crippen molar-refractivity contribution in [3.63, 3.8) is 0 Å². The molecule has 1 aliphatic rings. The van der Waals surface area contributed by atoms with Crippen LogP contribution in [0.25, 0.3) is 10.9 Å². The SMILES string of the molecule is O=C(O)c1nn(C2CCCCO2)c2ccc([N+](=O)[O-])cc12. The van der Waals surface area contributed by atoms with Gasteiger partial charge in [0, 0.05) is 24.1 Å². The number of nitro groups is 1. The lowest BCUT2D eigenvalue weighted by molar-refractivity contribution is -0.384. The fraction of sp³-hybridized carbons (Fsp3) is 0.385. The number of carbonyl (C=O) groups is 1. The standard InChI is InChI=1S/C13H13N3O5/c17-13(18)12-9-7-8(16(19)20)4-5-10(9)15(14-12)11-3-1-2-6-21-11/h4-5,7,11H,1-3,6H2,(H,17,18). The van der Waals surface area contributed by atoms with E-state index in [-0.39, 0.29) is 23.0 Å². The van der Waals surface area contributed by atoms with E-state index in [0.717, 1.165) is 19.3 Å². The molecule has 1 fully saturated rings. The van der Waals surface area contributed by atoms with E-state index in [1.54, 1.807) is 0 Å². The summed E-state index contributed by atoms with van der Waals surface area (Å²) in [4.78, 5) is 21.6. The van der Waals surface area contributed by atoms with Gasteiger partial charge in [-0.2, -0.15) is 5.10 Å². The molecule has 1 aromatic heterocycles. The van der Waals surface area contributed by atoms with Gasteiger partial charge in [0.2, 0.25) is 0 Å². The predicted molar refractivity (Wildman–Crippen MR) is 72.2 cm³/mol. The highest BCUT2D eigenvalue weighted by atomic mass is 16.6. The zero-order valence-electron chi connectivity index (χ0n) is 11.1. The Kier molecular flexibility index (Phi) is 3.30. The van der Waals surface area contributed by atoms with Gasteiger partial charge in [-0.15, -0.1) is 0 Å². The van der Waals surface area contributed by atoms with Crippen LogP contribution >= 0.6 is 0 Å². The summed E-state index contributed by atoms with van der Waals surface area (Å²) in [5.41, 5.74) is 0.182. The number of fused-ring (bicyclic) bond motifs is 1. The Labute approximate surface area is 119 Å². The molecule has 2 heterocycles. The van der Waals surface area contributed by atoms with E-state index in [0.29, 0.717) is 12.1 Å². The highest BCUT2D eigenvalue weighted by Crippen LogP contribution is 2.30. The Morgan fingerprint density at radius 1 is 1.48 bits per heavy atom. The van der Waals surface area contributed by atoms with Gasteiger partial charge in [0.15, 0.2) is 11.9 Å². The number of ether oxygens (including phenoxy) is 1. The van der Waals surface area contributed by atoms with Crippen LogP contribution in [0.4, 0.5) is 5.69 Å². The van der Waals surface area contributed by atoms with E-state index in [9.17, 15) is 20.0 Å². The molecule has 8 nitrogen and oxygen atoms in total. The summed E-state index contributed by atoms with van der Waals surface area (Å²) in [6.45, 7) is 0.599. The first-order valence-electron chi connectivity index (χ1n) is 6.59. The molecule has 1 aromatic carbocycles. The molecule has 1 unspecified atom stereocenters. The minimum absolute atomic E-state index is 0.158. The van der Waals surface area contributed by atoms with E-state index < -0.39 is 10.9 Å². The number of aromatic carboxylic acids is 1. The lowest BCUT2D eigenvalue weighted by Crippen LogP contribution is -2.19. The van der Waals surface area contributed by atoms with E-state index in [2.05, 4.69) is 5.10 Å². The second-order valence-corrected chi connectivity index (χ2v) is 4.88. The van der Waals surface area contributed by atoms with E-state index >= 15 is 0 Å². The molecule has 3 rings (SSSR count). The molecule has 8 heteroatoms. The summed E-state index contributed by atoms with van der Waals surface area (Å²) >= 11 is 0. The molecule has 0 amide bonds. The summed E-state index contributed by atoms with van der Waals surface area (Å²) < 4.78 is 7.13. The van der Waals surface area contributed by atoms with Crippen molar-refractivity contribution in [2.45, 2.75) is 25.5 Å². The number of hydrogen-bond donors (Lipinski definition) is 1. The normalized spacial score (nSPS) is 18.8. The monoisotopic (exact) mass is 291 g/mol. The molecule has 0 aliphatic carbocycles. The molecule has 0 bridgehead atoms. The lowest BCUT2D eigenvalue weighted by atomic mass is 10.1. The van der Waals surface area contributed by atoms with Crippen LogP contribution in [0.3, 0.4) is 0 Å². The third-order valence-corrected chi connectivity index (χ3v) is 3.53. The molecule has 110 valence electrons. The molecule has 0 saturated carbocycles. The average molecular weight is 291 g/mol. The number of rotatable bonds is 3. The van der Waals surface area contributed by atoms with Crippen LogP contribution < -0.4 is 0 Å². The highest BCUT2D eigenvalue weighted by Gasteiger charge is 2.24. The third-order valence-electron chi connectivity index (χ3n) is 3.53. The fourth-order valence-corrected chi connectivity index (χ4v) is 2.54. The zero-order chi connectivity index (χ0) is 15.0. The van der Waals surface area contributed by atoms with Crippen LogP contribution in [0.2, 0.25) is 0 Å². The Morgan fingerprint density at radius 3 is 2.90 bits per heavy atom. The Morgan fingerprint density at radius 2 is 2.29 bits per heavy atom. The molecule has 1 N–H and O–H groups in total. The van der Waals surface area contributed by atoms with Crippen LogP contribution in [0.1, 0.15) is 36.0 Å². The number of nitrogens with zero attached hydrogens (tertiary/aromatic N) is 3. The molecular weight excluding hydrogens is 278 g/mol. The fourth-order valence-electron chi connectivity index (χ4n) is 2.54. The van der Waals surface area contributed by atoms with Gasteiger partial charge >= 0.3 is 5.97 Å². The van der Waals surface area contributed by atoms with Crippen molar-refractivity contribution in [2.75, 3.05) is 6.61 Å². The molecule has 0 spiro atoms. The summed E-state index contributed by atoms with van der Waals surface area (Å²) in [6.07, 6.45) is 2.36. The van der Waals surface area contributed by atoms with Gasteiger partial charge in [-0.1, -0.05) is 0 Å². The predicted octanol–water partition coefficient (Wildman–Crippen LogP) is 2.34. The number of nitro benzene ring substituents is 1. The molecule has 1 saturated heterocycles. The number of hydrogen-bond acceptors (Lipinski definition) is 5. The lowest BCUT2D eigenvalue weighted by Gasteiger charge is -2.23. The Bertz CT molecular complexity index is 718. The van der Waals surface area contributed by atoms with Crippen molar-refractivity contribution >= 4 is 22.6 Å². The second-order valence-electron chi connectivity index (χ2n) is 4.88. The van der Waals surface area contributed by atoms with Crippen molar-refractivity contribution in [1.82, 2.24) is 9.78 Å². The summed E-state index contributed by atoms with van der Waals surface area (Å²) in [5, 5.41) is 24.4. The molecular formula is C13H13N3O5. The minimum Gasteiger partial charge on any atom is -0.476 e. The van der Waals surface area contributed by atoms with Crippen LogP contribution in [0.5, 0.6) is 0 Å². The Hall–Kier alpha value is -2.48. The number of aromatic nitrogens is 2. The smallest absolute Gasteiger partial charge is 0.357 e. The molecule has 21 heavy (non-hydrogen) atoms. The van der Waals surface area contributed by atoms with Gasteiger partial charge in [-0.05, 0) is 25.3 Å². The maximum Gasteiger partial charge on any atom is 0.357 e. The summed E-state index contributed by atoms with van der Waals surface area (Å²) in [6, 6.07) is 4.10. The van der Waals surface area contributed by atoms with Crippen LogP contribution in [0.15, 0.2) is 18.2 Å². The first-order chi connectivity index (χ1) is 10.1. The third kappa shape index (κ3) is 2.33. The minimum atomic E-state index is -1.21. The number of carboxylic acid groups (broad SMARTS) is 1. The van der Waals surface area contributed by atoms with E-state index in [1.807, 2.05) is 0 Å². The van der Waals surface area contributed by atoms with Gasteiger partial charge in [-0.3, -0.25) is 10.1 Å². The van der Waals surface area contributed by atoms with Crippen molar-refractivity contribution in [3.8, 4) is 0 Å². The maximum atomic E-state index is 11.3. The van der Waals surface area contributed by atoms with Crippen LogP contribution in [-0.2, 0) is 4.74 Å². The van der Waals surface area contributed by atoms with E-state index in [4.69, 9.17) is 4.74 Å². The topological polar surface area (TPSA) is 107 Å². The molecule has 2 aromatic rings. The van der Waals surface area contributed by atoms with Gasteiger partial charge in [0.05, 0.1) is 10.4 Å². The summed E-state index contributed by atoms with van der Waals surface area (Å²) in [7, 11) is 0. The van der Waals surface area contributed by atoms with Crippen LogP contribution in [-0.4, -0.2) is 32.4 Å². The number of carboxylic acids is 1. The first-order valence-corrected chi connectivity index (χ1v) is 6.59. The average Bonchev–Trinajstić information content (AvgIpc) is 2.87. The number of benzene rings is 1. The van der Waals surface area contributed by atoms with Gasteiger partial charge in [0.1, 0.15) is 0 Å².